The van der Waals surface area contributed by atoms with E-state index in [0.29, 0.717) is 6.42 Å². The average molecular weight is 173 g/mol. The fourth-order valence-corrected chi connectivity index (χ4v) is 1.14. The second kappa shape index (κ2) is 4.18. The number of hydrogen-bond acceptors (Lipinski definition) is 2. The maximum atomic E-state index is 10.3. The molecule has 0 rings (SSSR count). The molecular formula is C3H6Cl2O2Si. The molecule has 8 heavy (non-hydrogen) atoms. The van der Waals surface area contributed by atoms with Crippen LogP contribution in [0.1, 0.15) is 13.3 Å². The van der Waals surface area contributed by atoms with Crippen LogP contribution in [0.3, 0.4) is 0 Å². The van der Waals surface area contributed by atoms with Crippen molar-refractivity contribution in [1.82, 2.24) is 0 Å². The van der Waals surface area contributed by atoms with Gasteiger partial charge in [0.2, 0.25) is 0 Å². The van der Waals surface area contributed by atoms with Gasteiger partial charge in [0.05, 0.1) is 0 Å². The fourth-order valence-electron chi connectivity index (χ4n) is 0.183. The maximum absolute atomic E-state index is 10.3. The van der Waals surface area contributed by atoms with Crippen molar-refractivity contribution < 1.29 is 9.22 Å². The summed E-state index contributed by atoms with van der Waals surface area (Å²) in [5.41, 5.74) is 0. The van der Waals surface area contributed by atoms with E-state index in [2.05, 4.69) is 4.43 Å². The molecule has 0 radical (unpaired) electrons. The molecular weight excluding hydrogens is 167 g/mol. The second-order valence-corrected chi connectivity index (χ2v) is 4.91. The molecule has 0 aromatic carbocycles. The third kappa shape index (κ3) is 4.43. The van der Waals surface area contributed by atoms with Gasteiger partial charge in [-0.1, -0.05) is 6.92 Å². The molecule has 0 amide bonds. The molecule has 0 aliphatic carbocycles. The first-order valence-corrected chi connectivity index (χ1v) is 6.10. The van der Waals surface area contributed by atoms with Gasteiger partial charge in [0.1, 0.15) is 0 Å². The Balaban J connectivity index is 3.25. The summed E-state index contributed by atoms with van der Waals surface area (Å²) in [6, 6.07) is 0. The van der Waals surface area contributed by atoms with Crippen molar-refractivity contribution in [3.05, 3.63) is 0 Å². The summed E-state index contributed by atoms with van der Waals surface area (Å²) in [5, 5.41) is 0. The van der Waals surface area contributed by atoms with Crippen molar-refractivity contribution in [3.63, 3.8) is 0 Å². The highest BCUT2D eigenvalue weighted by atomic mass is 35.7. The van der Waals surface area contributed by atoms with Gasteiger partial charge in [-0.25, -0.2) is 0 Å². The number of halogens is 2. The van der Waals surface area contributed by atoms with Crippen LogP contribution < -0.4 is 0 Å². The van der Waals surface area contributed by atoms with Crippen LogP contribution in [-0.4, -0.2) is 13.6 Å². The van der Waals surface area contributed by atoms with Crippen LogP contribution in [0.15, 0.2) is 0 Å². The van der Waals surface area contributed by atoms with Crippen molar-refractivity contribution >= 4 is 35.8 Å². The van der Waals surface area contributed by atoms with Crippen LogP contribution in [0.5, 0.6) is 0 Å². The Morgan fingerprint density at radius 2 is 2.25 bits per heavy atom. The molecule has 0 N–H and O–H groups in total. The van der Waals surface area contributed by atoms with E-state index in [0.717, 1.165) is 0 Å². The van der Waals surface area contributed by atoms with Gasteiger partial charge >= 0.3 is 7.66 Å². The summed E-state index contributed by atoms with van der Waals surface area (Å²) < 4.78 is 4.43. The molecule has 0 aromatic rings. The highest BCUT2D eigenvalue weighted by Gasteiger charge is 2.06. The van der Waals surface area contributed by atoms with Gasteiger partial charge in [-0.3, -0.25) is 4.79 Å². The van der Waals surface area contributed by atoms with E-state index in [1.807, 2.05) is 0 Å². The van der Waals surface area contributed by atoms with Crippen molar-refractivity contribution in [2.75, 3.05) is 0 Å². The minimum atomic E-state index is -2.15. The van der Waals surface area contributed by atoms with E-state index in [4.69, 9.17) is 22.2 Å². The van der Waals surface area contributed by atoms with Gasteiger partial charge in [-0.05, 0) is 0 Å². The summed E-state index contributed by atoms with van der Waals surface area (Å²) in [6.07, 6.45) is 0.336. The predicted molar refractivity (Wildman–Crippen MR) is 35.2 cm³/mol. The lowest BCUT2D eigenvalue weighted by atomic mass is 10.5. The summed E-state index contributed by atoms with van der Waals surface area (Å²) in [7, 11) is -2.15. The van der Waals surface area contributed by atoms with Crippen LogP contribution >= 0.6 is 22.2 Å². The van der Waals surface area contributed by atoms with E-state index in [-0.39, 0.29) is 5.97 Å². The lowest BCUT2D eigenvalue weighted by Gasteiger charge is -1.98. The van der Waals surface area contributed by atoms with Crippen LogP contribution in [0.4, 0.5) is 0 Å². The van der Waals surface area contributed by atoms with Crippen molar-refractivity contribution in [1.29, 1.82) is 0 Å². The predicted octanol–water partition coefficient (Wildman–Crippen LogP) is 1.13. The minimum Gasteiger partial charge on any atom is -0.494 e. The van der Waals surface area contributed by atoms with Crippen LogP contribution in [-0.2, 0) is 9.22 Å². The number of rotatable bonds is 2. The van der Waals surface area contributed by atoms with Crippen LogP contribution in [0.2, 0.25) is 0 Å². The summed E-state index contributed by atoms with van der Waals surface area (Å²) in [5.74, 6) is -0.327. The Morgan fingerprint density at radius 3 is 2.38 bits per heavy atom. The molecule has 0 saturated heterocycles. The molecule has 0 bridgehead atoms. The van der Waals surface area contributed by atoms with Crippen LogP contribution in [0, 0.1) is 0 Å². The Kier molecular flexibility index (Phi) is 4.32. The Labute approximate surface area is 58.9 Å². The highest BCUT2D eigenvalue weighted by molar-refractivity contribution is 7.31. The van der Waals surface area contributed by atoms with E-state index < -0.39 is 7.66 Å². The monoisotopic (exact) mass is 172 g/mol. The molecule has 0 aromatic heterocycles. The fraction of sp³-hybridized carbons (Fsp3) is 0.667. The van der Waals surface area contributed by atoms with Crippen molar-refractivity contribution in [3.8, 4) is 0 Å². The van der Waals surface area contributed by atoms with Gasteiger partial charge in [-0.15, -0.1) is 22.2 Å². The number of carbonyl (C=O) groups is 1. The zero-order valence-electron chi connectivity index (χ0n) is 4.36. The molecule has 0 aliphatic rings. The van der Waals surface area contributed by atoms with Gasteiger partial charge in [0, 0.05) is 6.42 Å². The molecule has 0 atom stereocenters. The summed E-state index contributed by atoms with van der Waals surface area (Å²) in [6.45, 7) is 1.69. The zero-order valence-corrected chi connectivity index (χ0v) is 7.02. The molecule has 0 heterocycles. The van der Waals surface area contributed by atoms with E-state index in [9.17, 15) is 4.79 Å². The lowest BCUT2D eigenvalue weighted by Crippen LogP contribution is -2.09. The zero-order chi connectivity index (χ0) is 6.57. The van der Waals surface area contributed by atoms with Gasteiger partial charge in [0.25, 0.3) is 5.97 Å². The molecule has 0 saturated carbocycles. The molecule has 0 spiro atoms. The molecule has 2 nitrogen and oxygen atoms in total. The molecule has 5 heteroatoms. The first-order valence-electron chi connectivity index (χ1n) is 2.14. The van der Waals surface area contributed by atoms with Crippen molar-refractivity contribution in [2.24, 2.45) is 0 Å². The number of carbonyl (C=O) groups excluding carboxylic acids is 1. The van der Waals surface area contributed by atoms with E-state index in [1.54, 1.807) is 6.92 Å². The topological polar surface area (TPSA) is 26.3 Å². The van der Waals surface area contributed by atoms with Crippen LogP contribution in [0.25, 0.3) is 0 Å². The van der Waals surface area contributed by atoms with Gasteiger partial charge < -0.3 is 4.43 Å². The third-order valence-electron chi connectivity index (χ3n) is 0.509. The second-order valence-electron chi connectivity index (χ2n) is 1.10. The maximum Gasteiger partial charge on any atom is 0.435 e. The number of hydrogen-bond donors (Lipinski definition) is 0. The first-order chi connectivity index (χ1) is 3.66. The molecule has 48 valence electrons. The Hall–Kier alpha value is 0.267. The SMILES string of the molecule is CCC(=O)O[SiH](Cl)Cl. The Morgan fingerprint density at radius 1 is 1.75 bits per heavy atom. The van der Waals surface area contributed by atoms with E-state index >= 15 is 0 Å². The normalized spacial score (nSPS) is 9.50. The molecule has 0 aliphatic heterocycles. The highest BCUT2D eigenvalue weighted by Crippen LogP contribution is 1.98. The van der Waals surface area contributed by atoms with Crippen molar-refractivity contribution in [2.45, 2.75) is 13.3 Å². The standard InChI is InChI=1S/C3H6Cl2O2Si/c1-2-3(6)7-8(4)5/h8H,2H2,1H3. The van der Waals surface area contributed by atoms with E-state index in [1.165, 1.54) is 0 Å². The largest absolute Gasteiger partial charge is 0.494 e. The summed E-state index contributed by atoms with van der Waals surface area (Å²) in [4.78, 5) is 10.3. The third-order valence-corrected chi connectivity index (χ3v) is 1.48. The van der Waals surface area contributed by atoms with Gasteiger partial charge in [-0.2, -0.15) is 0 Å². The first kappa shape index (κ1) is 8.27. The Bertz CT molecular complexity index is 85.4. The minimum absolute atomic E-state index is 0.327. The van der Waals surface area contributed by atoms with Gasteiger partial charge in [0.15, 0.2) is 0 Å². The lowest BCUT2D eigenvalue weighted by molar-refractivity contribution is -0.133. The quantitative estimate of drug-likeness (QED) is 0.462. The molecule has 0 fully saturated rings. The average Bonchev–Trinajstić information content (AvgIpc) is 1.65. The smallest absolute Gasteiger partial charge is 0.435 e. The summed E-state index contributed by atoms with van der Waals surface area (Å²) >= 11 is 10.4. The molecule has 0 unspecified atom stereocenters.